The van der Waals surface area contributed by atoms with E-state index in [-0.39, 0.29) is 129 Å². The number of rotatable bonds is 0. The third-order valence-electron chi connectivity index (χ3n) is 0. The zero-order valence-corrected chi connectivity index (χ0v) is 21.1. The molecule has 0 unspecified atom stereocenters. The average molecular weight is 538 g/mol. The van der Waals surface area contributed by atoms with Crippen LogP contribution in [0.4, 0.5) is 0 Å². The fraction of sp³-hybridized carbons (Fsp3) is 0.500. The van der Waals surface area contributed by atoms with E-state index in [0.717, 1.165) is 27.7 Å². The van der Waals surface area contributed by atoms with Crippen LogP contribution >= 0.6 is 0 Å². The molecule has 0 bridgehead atoms. The van der Waals surface area contributed by atoms with Gasteiger partial charge < -0.3 is 77.9 Å². The molecule has 0 radical (unpaired) electrons. The summed E-state index contributed by atoms with van der Waals surface area (Å²) in [4.78, 5) is 35.6. The van der Waals surface area contributed by atoms with Gasteiger partial charge in [-0.1, -0.05) is 0 Å². The first-order chi connectivity index (χ1) is 6.93. The van der Waals surface area contributed by atoms with Crippen LogP contribution in [0.3, 0.4) is 0 Å². The molecule has 0 aromatic carbocycles. The Labute approximate surface area is 217 Å². The van der Waals surface area contributed by atoms with Crippen LogP contribution in [0, 0.1) is 0 Å². The summed E-state index contributed by atoms with van der Waals surface area (Å²) in [6, 6.07) is 0. The van der Waals surface area contributed by atoms with Crippen molar-refractivity contribution in [3.63, 3.8) is 0 Å². The maximum Gasteiger partial charge on any atom is 2.00 e. The zero-order valence-electron chi connectivity index (χ0n) is 14.2. The summed E-state index contributed by atoms with van der Waals surface area (Å²) in [5, 5.41) is 35.6. The third-order valence-corrected chi connectivity index (χ3v) is 0. The van der Waals surface area contributed by atoms with Gasteiger partial charge >= 0.3 is 91.0 Å². The van der Waals surface area contributed by atoms with Gasteiger partial charge in [0.05, 0.1) is 0 Å². The van der Waals surface area contributed by atoms with E-state index < -0.39 is 23.9 Å². The second-order valence-corrected chi connectivity index (χ2v) is 1.97. The van der Waals surface area contributed by atoms with Crippen molar-refractivity contribution in [2.24, 2.45) is 0 Å². The molecule has 0 atom stereocenters. The van der Waals surface area contributed by atoms with Gasteiger partial charge in [0, 0.05) is 23.9 Å². The Morgan fingerprint density at radius 1 is 0.400 bits per heavy atom. The van der Waals surface area contributed by atoms with Gasteiger partial charge in [-0.25, -0.2) is 0 Å². The number of aliphatic carboxylic acids is 4. The first kappa shape index (κ1) is 97.7. The number of carboxylic acids is 4. The van der Waals surface area contributed by atoms with Crippen LogP contribution in [0.5, 0.6) is 0 Å². The van der Waals surface area contributed by atoms with E-state index in [4.69, 9.17) is 39.6 Å². The summed E-state index contributed by atoms with van der Waals surface area (Å²) in [5.74, 6) is -4.33. The molecule has 0 saturated carbocycles. The average Bonchev–Trinajstić information content (AvgIpc) is 1.76. The molecule has 17 heteroatoms. The van der Waals surface area contributed by atoms with Crippen molar-refractivity contribution < 1.29 is 77.9 Å². The minimum Gasteiger partial charge on any atom is -0.550 e. The minimum absolute atomic E-state index is 0. The molecule has 0 spiro atoms. The summed E-state index contributed by atoms with van der Waals surface area (Å²) in [6.07, 6.45) is 0. The summed E-state index contributed by atoms with van der Waals surface area (Å²) in [5.41, 5.74) is 0. The fourth-order valence-electron chi connectivity index (χ4n) is 0. The monoisotopic (exact) mass is 538 g/mol. The summed E-state index contributed by atoms with van der Waals surface area (Å²) in [7, 11) is 0. The van der Waals surface area contributed by atoms with Gasteiger partial charge in [-0.15, -0.1) is 0 Å². The predicted molar refractivity (Wildman–Crippen MR) is 79.5 cm³/mol. The van der Waals surface area contributed by atoms with Crippen LogP contribution in [0.25, 0.3) is 0 Å². The molecule has 0 aromatic rings. The topological polar surface area (TPSA) is 381 Å². The molecule has 0 aliphatic rings. The number of carbonyl (C=O) groups excluding carboxylic acids is 4. The first-order valence-electron chi connectivity index (χ1n) is 3.63. The molecule has 0 fully saturated rings. The number of hydrogen-bond acceptors (Lipinski definition) is 8. The van der Waals surface area contributed by atoms with Crippen molar-refractivity contribution in [1.82, 2.24) is 0 Å². The van der Waals surface area contributed by atoms with Crippen molar-refractivity contribution in [1.29, 1.82) is 0 Å². The Morgan fingerprint density at radius 3 is 0.400 bits per heavy atom. The van der Waals surface area contributed by atoms with E-state index in [1.54, 1.807) is 0 Å². The van der Waals surface area contributed by atoms with Gasteiger partial charge in [-0.05, 0) is 27.7 Å². The smallest absolute Gasteiger partial charge is 0.550 e. The molecule has 0 aliphatic carbocycles. The Morgan fingerprint density at radius 2 is 0.400 bits per heavy atom. The van der Waals surface area contributed by atoms with Crippen molar-refractivity contribution in [2.45, 2.75) is 27.7 Å². The van der Waals surface area contributed by atoms with Gasteiger partial charge in [0.2, 0.25) is 0 Å². The van der Waals surface area contributed by atoms with Crippen LogP contribution in [-0.2, 0) is 19.2 Å². The molecule has 0 saturated heterocycles. The second-order valence-electron chi connectivity index (χ2n) is 1.97. The minimum atomic E-state index is -1.08. The van der Waals surface area contributed by atoms with Gasteiger partial charge in [-0.3, -0.25) is 0 Å². The van der Waals surface area contributed by atoms with E-state index in [1.807, 2.05) is 0 Å². The van der Waals surface area contributed by atoms with Crippen LogP contribution in [-0.4, -0.2) is 153 Å². The Kier molecular flexibility index (Phi) is 338. The standard InChI is InChI=1S/4C2H4O2.7H2O.2Sr/c4*1-2(3)4;;;;;;;;;/h4*1H3,(H,3,4);7*1H2;;/q;;;;;;;;;;;2*+2/p-4. The molecule has 152 valence electrons. The van der Waals surface area contributed by atoms with Crippen LogP contribution < -0.4 is 20.4 Å². The summed E-state index contributed by atoms with van der Waals surface area (Å²) in [6.45, 7) is 3.89. The van der Waals surface area contributed by atoms with Crippen molar-refractivity contribution >= 4 is 115 Å². The molecule has 0 heterocycles. The number of carboxylic acid groups (broad SMARTS) is 4. The maximum absolute atomic E-state index is 8.89. The van der Waals surface area contributed by atoms with Crippen LogP contribution in [0.15, 0.2) is 0 Å². The molecule has 15 nitrogen and oxygen atoms in total. The fourth-order valence-corrected chi connectivity index (χ4v) is 0. The maximum atomic E-state index is 8.89. The van der Waals surface area contributed by atoms with Gasteiger partial charge in [0.15, 0.2) is 0 Å². The third kappa shape index (κ3) is 39700. The Hall–Kier alpha value is 0.561. The molecular weight excluding hydrogens is 511 g/mol. The summed E-state index contributed by atoms with van der Waals surface area (Å²) >= 11 is 0. The molecule has 0 aliphatic heterocycles. The first-order valence-corrected chi connectivity index (χ1v) is 3.63. The van der Waals surface area contributed by atoms with Crippen LogP contribution in [0.1, 0.15) is 27.7 Å². The molecular formula is C8H26O15Sr2. The molecule has 0 amide bonds. The largest absolute Gasteiger partial charge is 2.00 e. The summed E-state index contributed by atoms with van der Waals surface area (Å²) < 4.78 is 0. The predicted octanol–water partition coefficient (Wildman–Crippen LogP) is -11.5. The quantitative estimate of drug-likeness (QED) is 0.266. The molecule has 0 rings (SSSR count). The van der Waals surface area contributed by atoms with Crippen molar-refractivity contribution in [3.8, 4) is 0 Å². The van der Waals surface area contributed by atoms with E-state index in [0.29, 0.717) is 0 Å². The van der Waals surface area contributed by atoms with E-state index in [2.05, 4.69) is 0 Å². The SMILES string of the molecule is CC(=O)[O-].CC(=O)[O-].CC(=O)[O-].CC(=O)[O-].O.O.O.O.O.O.O.[Sr+2].[Sr+2]. The second kappa shape index (κ2) is 86.4. The molecule has 14 N–H and O–H groups in total. The van der Waals surface area contributed by atoms with E-state index in [9.17, 15) is 0 Å². The van der Waals surface area contributed by atoms with E-state index >= 15 is 0 Å². The molecule has 25 heavy (non-hydrogen) atoms. The van der Waals surface area contributed by atoms with Crippen molar-refractivity contribution in [2.75, 3.05) is 0 Å². The van der Waals surface area contributed by atoms with Crippen molar-refractivity contribution in [3.05, 3.63) is 0 Å². The zero-order chi connectivity index (χ0) is 14.3. The normalized spacial score (nSPS) is 4.00. The van der Waals surface area contributed by atoms with Crippen LogP contribution in [0.2, 0.25) is 0 Å². The van der Waals surface area contributed by atoms with Gasteiger partial charge in [0.25, 0.3) is 0 Å². The number of carbonyl (C=O) groups is 4. The van der Waals surface area contributed by atoms with Gasteiger partial charge in [0.1, 0.15) is 0 Å². The van der Waals surface area contributed by atoms with E-state index in [1.165, 1.54) is 0 Å². The Bertz CT molecular complexity index is 172. The number of hydrogen-bond donors (Lipinski definition) is 0. The molecule has 0 aromatic heterocycles. The Balaban J connectivity index is -0.00000000623. The van der Waals surface area contributed by atoms with Gasteiger partial charge in [-0.2, -0.15) is 0 Å².